The van der Waals surface area contributed by atoms with E-state index in [0.717, 1.165) is 36.4 Å². The highest BCUT2D eigenvalue weighted by Gasteiger charge is 2.26. The van der Waals surface area contributed by atoms with Gasteiger partial charge < -0.3 is 15.6 Å². The monoisotopic (exact) mass is 217 g/mol. The summed E-state index contributed by atoms with van der Waals surface area (Å²) >= 11 is 0. The Bertz CT molecular complexity index is 512. The number of nitrogens with zero attached hydrogens (tertiary/aromatic N) is 3. The fourth-order valence-electron chi connectivity index (χ4n) is 2.21. The van der Waals surface area contributed by atoms with Gasteiger partial charge in [-0.05, 0) is 12.0 Å². The fourth-order valence-corrected chi connectivity index (χ4v) is 2.21. The minimum atomic E-state index is 0.286. The number of aromatic amines is 1. The van der Waals surface area contributed by atoms with Crippen LogP contribution in [-0.4, -0.2) is 34.1 Å². The molecule has 3 heterocycles. The summed E-state index contributed by atoms with van der Waals surface area (Å²) in [5, 5.41) is 1.15. The highest BCUT2D eigenvalue weighted by molar-refractivity contribution is 5.91. The van der Waals surface area contributed by atoms with Gasteiger partial charge in [0.15, 0.2) is 0 Å². The molecule has 3 rings (SSSR count). The van der Waals surface area contributed by atoms with E-state index >= 15 is 0 Å². The van der Waals surface area contributed by atoms with Gasteiger partial charge in [0.2, 0.25) is 0 Å². The SMILES string of the molecule is CCc1c[nH]c2ncnc(N3CC(N)C3)c12. The Morgan fingerprint density at radius 1 is 1.50 bits per heavy atom. The molecule has 1 saturated heterocycles. The third-order valence-electron chi connectivity index (χ3n) is 3.12. The molecule has 84 valence electrons. The van der Waals surface area contributed by atoms with Gasteiger partial charge >= 0.3 is 0 Å². The van der Waals surface area contributed by atoms with E-state index in [-0.39, 0.29) is 6.04 Å². The molecule has 0 unspecified atom stereocenters. The number of nitrogens with two attached hydrogens (primary N) is 1. The number of anilines is 1. The molecular weight excluding hydrogens is 202 g/mol. The summed E-state index contributed by atoms with van der Waals surface area (Å²) in [6.07, 6.45) is 4.61. The van der Waals surface area contributed by atoms with Crippen molar-refractivity contribution in [3.05, 3.63) is 18.1 Å². The van der Waals surface area contributed by atoms with Crippen LogP contribution in [0.1, 0.15) is 12.5 Å². The van der Waals surface area contributed by atoms with Gasteiger partial charge in [-0.25, -0.2) is 9.97 Å². The van der Waals surface area contributed by atoms with E-state index in [1.807, 2.05) is 6.20 Å². The summed E-state index contributed by atoms with van der Waals surface area (Å²) in [7, 11) is 0. The van der Waals surface area contributed by atoms with Crippen molar-refractivity contribution in [3.8, 4) is 0 Å². The van der Waals surface area contributed by atoms with Crippen molar-refractivity contribution >= 4 is 16.9 Å². The molecule has 0 saturated carbocycles. The zero-order valence-corrected chi connectivity index (χ0v) is 9.27. The predicted molar refractivity (Wildman–Crippen MR) is 63.5 cm³/mol. The highest BCUT2D eigenvalue weighted by Crippen LogP contribution is 2.28. The average molecular weight is 217 g/mol. The molecule has 0 bridgehead atoms. The maximum absolute atomic E-state index is 5.80. The first-order chi connectivity index (χ1) is 7.79. The number of aromatic nitrogens is 3. The lowest BCUT2D eigenvalue weighted by molar-refractivity contribution is 0.516. The Kier molecular flexibility index (Phi) is 2.07. The maximum Gasteiger partial charge on any atom is 0.143 e. The highest BCUT2D eigenvalue weighted by atomic mass is 15.3. The van der Waals surface area contributed by atoms with Gasteiger partial charge in [0.1, 0.15) is 17.8 Å². The van der Waals surface area contributed by atoms with E-state index in [0.29, 0.717) is 0 Å². The van der Waals surface area contributed by atoms with E-state index in [4.69, 9.17) is 5.73 Å². The Balaban J connectivity index is 2.12. The van der Waals surface area contributed by atoms with Crippen LogP contribution in [0.2, 0.25) is 0 Å². The van der Waals surface area contributed by atoms with Gasteiger partial charge in [-0.15, -0.1) is 0 Å². The Morgan fingerprint density at radius 2 is 2.31 bits per heavy atom. The number of H-pyrrole nitrogens is 1. The van der Waals surface area contributed by atoms with Crippen LogP contribution < -0.4 is 10.6 Å². The minimum absolute atomic E-state index is 0.286. The standard InChI is InChI=1S/C11H15N5/c1-2-7-3-13-10-9(7)11(15-6-14-10)16-4-8(12)5-16/h3,6,8H,2,4-5,12H2,1H3,(H,13,14,15). The van der Waals surface area contributed by atoms with Crippen molar-refractivity contribution < 1.29 is 0 Å². The summed E-state index contributed by atoms with van der Waals surface area (Å²) in [5.74, 6) is 1.02. The van der Waals surface area contributed by atoms with Crippen LogP contribution in [0, 0.1) is 0 Å². The molecule has 0 radical (unpaired) electrons. The normalized spacial score (nSPS) is 16.8. The zero-order valence-electron chi connectivity index (χ0n) is 9.27. The number of nitrogens with one attached hydrogen (secondary N) is 1. The first-order valence-corrected chi connectivity index (χ1v) is 5.61. The lowest BCUT2D eigenvalue weighted by Gasteiger charge is -2.38. The molecule has 2 aromatic heterocycles. The largest absolute Gasteiger partial charge is 0.353 e. The number of fused-ring (bicyclic) bond motifs is 1. The fraction of sp³-hybridized carbons (Fsp3) is 0.455. The van der Waals surface area contributed by atoms with Crippen molar-refractivity contribution in [2.24, 2.45) is 5.73 Å². The molecular formula is C11H15N5. The zero-order chi connectivity index (χ0) is 11.1. The van der Waals surface area contributed by atoms with Crippen LogP contribution in [0.15, 0.2) is 12.5 Å². The Morgan fingerprint density at radius 3 is 3.00 bits per heavy atom. The molecule has 1 fully saturated rings. The molecule has 0 amide bonds. The lowest BCUT2D eigenvalue weighted by Crippen LogP contribution is -2.56. The minimum Gasteiger partial charge on any atom is -0.353 e. The van der Waals surface area contributed by atoms with Crippen molar-refractivity contribution in [2.45, 2.75) is 19.4 Å². The summed E-state index contributed by atoms with van der Waals surface area (Å²) in [6.45, 7) is 3.92. The van der Waals surface area contributed by atoms with Crippen LogP contribution >= 0.6 is 0 Å². The number of hydrogen-bond donors (Lipinski definition) is 2. The van der Waals surface area contributed by atoms with Crippen LogP contribution in [0.25, 0.3) is 11.0 Å². The van der Waals surface area contributed by atoms with Gasteiger partial charge in [-0.1, -0.05) is 6.92 Å². The topological polar surface area (TPSA) is 70.8 Å². The molecule has 0 spiro atoms. The second-order valence-electron chi connectivity index (χ2n) is 4.25. The van der Waals surface area contributed by atoms with Gasteiger partial charge in [-0.2, -0.15) is 0 Å². The molecule has 5 heteroatoms. The van der Waals surface area contributed by atoms with Gasteiger partial charge in [0, 0.05) is 25.3 Å². The van der Waals surface area contributed by atoms with Crippen LogP contribution in [0.3, 0.4) is 0 Å². The van der Waals surface area contributed by atoms with Gasteiger partial charge in [0.05, 0.1) is 5.39 Å². The molecule has 1 aliphatic rings. The molecule has 5 nitrogen and oxygen atoms in total. The molecule has 0 aromatic carbocycles. The van der Waals surface area contributed by atoms with Crippen LogP contribution in [-0.2, 0) is 6.42 Å². The van der Waals surface area contributed by atoms with Crippen molar-refractivity contribution in [2.75, 3.05) is 18.0 Å². The molecule has 0 atom stereocenters. The third kappa shape index (κ3) is 1.28. The van der Waals surface area contributed by atoms with E-state index in [1.54, 1.807) is 6.33 Å². The first kappa shape index (κ1) is 9.59. The van der Waals surface area contributed by atoms with E-state index in [1.165, 1.54) is 5.56 Å². The predicted octanol–water partition coefficient (Wildman–Crippen LogP) is 0.668. The van der Waals surface area contributed by atoms with Crippen molar-refractivity contribution in [1.82, 2.24) is 15.0 Å². The van der Waals surface area contributed by atoms with Crippen molar-refractivity contribution in [1.29, 1.82) is 0 Å². The first-order valence-electron chi connectivity index (χ1n) is 5.61. The third-order valence-corrected chi connectivity index (χ3v) is 3.12. The molecule has 1 aliphatic heterocycles. The van der Waals surface area contributed by atoms with E-state index in [2.05, 4.69) is 26.8 Å². The average Bonchev–Trinajstić information content (AvgIpc) is 2.67. The Labute approximate surface area is 93.7 Å². The van der Waals surface area contributed by atoms with E-state index < -0.39 is 0 Å². The molecule has 0 aliphatic carbocycles. The summed E-state index contributed by atoms with van der Waals surface area (Å²) < 4.78 is 0. The number of aryl methyl sites for hydroxylation is 1. The van der Waals surface area contributed by atoms with Crippen LogP contribution in [0.4, 0.5) is 5.82 Å². The van der Waals surface area contributed by atoms with Crippen molar-refractivity contribution in [3.63, 3.8) is 0 Å². The van der Waals surface area contributed by atoms with Gasteiger partial charge in [0.25, 0.3) is 0 Å². The smallest absolute Gasteiger partial charge is 0.143 e. The Hall–Kier alpha value is -1.62. The number of rotatable bonds is 2. The number of hydrogen-bond acceptors (Lipinski definition) is 4. The van der Waals surface area contributed by atoms with Gasteiger partial charge in [-0.3, -0.25) is 0 Å². The molecule has 3 N–H and O–H groups in total. The second kappa shape index (κ2) is 3.45. The molecule has 2 aromatic rings. The maximum atomic E-state index is 5.80. The summed E-state index contributed by atoms with van der Waals surface area (Å²) in [5.41, 5.74) is 7.99. The molecule has 16 heavy (non-hydrogen) atoms. The van der Waals surface area contributed by atoms with Crippen LogP contribution in [0.5, 0.6) is 0 Å². The lowest BCUT2D eigenvalue weighted by atomic mass is 10.1. The second-order valence-corrected chi connectivity index (χ2v) is 4.25. The summed E-state index contributed by atoms with van der Waals surface area (Å²) in [6, 6.07) is 0.286. The van der Waals surface area contributed by atoms with E-state index in [9.17, 15) is 0 Å². The summed E-state index contributed by atoms with van der Waals surface area (Å²) in [4.78, 5) is 14.0. The quantitative estimate of drug-likeness (QED) is 0.775.